The Labute approximate surface area is 120 Å². The maximum atomic E-state index is 5.56. The van der Waals surface area contributed by atoms with Gasteiger partial charge in [-0.25, -0.2) is 0 Å². The summed E-state index contributed by atoms with van der Waals surface area (Å²) in [5.41, 5.74) is 7.52. The van der Waals surface area contributed by atoms with E-state index in [0.717, 1.165) is 17.0 Å². The van der Waals surface area contributed by atoms with Gasteiger partial charge in [0.1, 0.15) is 5.75 Å². The maximum Gasteiger partial charge on any atom is 0.128 e. The van der Waals surface area contributed by atoms with Crippen LogP contribution >= 0.6 is 0 Å². The quantitative estimate of drug-likeness (QED) is 0.653. The largest absolute Gasteiger partial charge is 0.493 e. The van der Waals surface area contributed by atoms with Crippen LogP contribution in [0.25, 0.3) is 0 Å². The molecule has 2 rings (SSSR count). The summed E-state index contributed by atoms with van der Waals surface area (Å²) in [7, 11) is 0. The second-order valence-corrected chi connectivity index (χ2v) is 4.64. The van der Waals surface area contributed by atoms with Crippen molar-refractivity contribution in [2.45, 2.75) is 20.8 Å². The molecule has 0 aromatic heterocycles. The molecule has 0 atom stereocenters. The Morgan fingerprint density at radius 3 is 2.65 bits per heavy atom. The highest BCUT2D eigenvalue weighted by Crippen LogP contribution is 2.17. The molecule has 0 bridgehead atoms. The molecular weight excluding hydrogens is 248 g/mol. The van der Waals surface area contributed by atoms with Crippen LogP contribution in [-0.4, -0.2) is 12.8 Å². The van der Waals surface area contributed by atoms with Gasteiger partial charge in [0, 0.05) is 5.56 Å². The summed E-state index contributed by atoms with van der Waals surface area (Å²) in [6.07, 6.45) is 1.78. The highest BCUT2D eigenvalue weighted by Gasteiger charge is 1.99. The Bertz CT molecular complexity index is 606. The van der Waals surface area contributed by atoms with Crippen LogP contribution in [-0.2, 0) is 0 Å². The minimum atomic E-state index is 0.648. The minimum Gasteiger partial charge on any atom is -0.493 e. The lowest BCUT2D eigenvalue weighted by molar-refractivity contribution is 0.340. The van der Waals surface area contributed by atoms with Gasteiger partial charge in [0.2, 0.25) is 0 Å². The van der Waals surface area contributed by atoms with Gasteiger partial charge in [0.15, 0.2) is 0 Å². The van der Waals surface area contributed by atoms with Gasteiger partial charge in [0.25, 0.3) is 0 Å². The zero-order chi connectivity index (χ0) is 14.4. The second kappa shape index (κ2) is 6.75. The predicted molar refractivity (Wildman–Crippen MR) is 84.7 cm³/mol. The van der Waals surface area contributed by atoms with Gasteiger partial charge in [-0.05, 0) is 56.2 Å². The van der Waals surface area contributed by atoms with Crippen molar-refractivity contribution in [3.63, 3.8) is 0 Å². The van der Waals surface area contributed by atoms with E-state index in [1.165, 1.54) is 11.1 Å². The molecule has 0 heterocycles. The number of hydrogen-bond donors (Lipinski definition) is 1. The van der Waals surface area contributed by atoms with E-state index in [1.807, 2.05) is 37.3 Å². The zero-order valence-corrected chi connectivity index (χ0v) is 12.2. The first-order valence-corrected chi connectivity index (χ1v) is 6.79. The summed E-state index contributed by atoms with van der Waals surface area (Å²) < 4.78 is 5.56. The number of hydrogen-bond acceptors (Lipinski definition) is 3. The number of nitrogens with zero attached hydrogens (tertiary/aromatic N) is 1. The average Bonchev–Trinajstić information content (AvgIpc) is 2.45. The van der Waals surface area contributed by atoms with Gasteiger partial charge < -0.3 is 4.74 Å². The number of rotatable bonds is 5. The lowest BCUT2D eigenvalue weighted by Crippen LogP contribution is -1.97. The van der Waals surface area contributed by atoms with Crippen molar-refractivity contribution in [2.24, 2.45) is 5.10 Å². The van der Waals surface area contributed by atoms with Crippen molar-refractivity contribution in [3.05, 3.63) is 59.2 Å². The lowest BCUT2D eigenvalue weighted by Gasteiger charge is -2.06. The molecule has 0 aliphatic heterocycles. The number of benzene rings is 2. The molecule has 3 nitrogen and oxygen atoms in total. The van der Waals surface area contributed by atoms with Crippen LogP contribution in [0.5, 0.6) is 5.75 Å². The monoisotopic (exact) mass is 268 g/mol. The van der Waals surface area contributed by atoms with Crippen LogP contribution in [0, 0.1) is 13.8 Å². The lowest BCUT2D eigenvalue weighted by atomic mass is 10.1. The predicted octanol–water partition coefficient (Wildman–Crippen LogP) is 4.15. The van der Waals surface area contributed by atoms with Crippen molar-refractivity contribution in [3.8, 4) is 5.75 Å². The zero-order valence-electron chi connectivity index (χ0n) is 12.2. The van der Waals surface area contributed by atoms with E-state index >= 15 is 0 Å². The average molecular weight is 268 g/mol. The summed E-state index contributed by atoms with van der Waals surface area (Å²) in [5.74, 6) is 0.848. The maximum absolute atomic E-state index is 5.56. The van der Waals surface area contributed by atoms with E-state index in [2.05, 4.69) is 36.5 Å². The van der Waals surface area contributed by atoms with E-state index in [9.17, 15) is 0 Å². The van der Waals surface area contributed by atoms with Gasteiger partial charge in [-0.3, -0.25) is 5.43 Å². The SMILES string of the molecule is CCOc1ccccc1/C=N/Nc1ccc(C)c(C)c1. The molecule has 0 fully saturated rings. The fraction of sp³-hybridized carbons (Fsp3) is 0.235. The van der Waals surface area contributed by atoms with Gasteiger partial charge in [-0.1, -0.05) is 18.2 Å². The Kier molecular flexibility index (Phi) is 4.77. The summed E-state index contributed by atoms with van der Waals surface area (Å²) in [4.78, 5) is 0. The number of para-hydroxylation sites is 1. The van der Waals surface area contributed by atoms with Crippen LogP contribution in [0.3, 0.4) is 0 Å². The van der Waals surface area contributed by atoms with E-state index in [0.29, 0.717) is 6.61 Å². The first-order valence-electron chi connectivity index (χ1n) is 6.79. The topological polar surface area (TPSA) is 33.6 Å². The van der Waals surface area contributed by atoms with Gasteiger partial charge >= 0.3 is 0 Å². The van der Waals surface area contributed by atoms with Gasteiger partial charge in [-0.2, -0.15) is 5.10 Å². The second-order valence-electron chi connectivity index (χ2n) is 4.64. The molecule has 1 N–H and O–H groups in total. The standard InChI is InChI=1S/C17H20N2O/c1-4-20-17-8-6-5-7-15(17)12-18-19-16-10-9-13(2)14(3)11-16/h5-12,19H,4H2,1-3H3/b18-12+. The Balaban J connectivity index is 2.08. The highest BCUT2D eigenvalue weighted by atomic mass is 16.5. The van der Waals surface area contributed by atoms with Crippen LogP contribution in [0.1, 0.15) is 23.6 Å². The molecule has 0 aliphatic carbocycles. The molecule has 3 heteroatoms. The Morgan fingerprint density at radius 2 is 1.90 bits per heavy atom. The molecular formula is C17H20N2O. The first-order chi connectivity index (χ1) is 9.70. The molecule has 104 valence electrons. The summed E-state index contributed by atoms with van der Waals surface area (Å²) in [5, 5.41) is 4.27. The van der Waals surface area contributed by atoms with E-state index in [4.69, 9.17) is 4.74 Å². The smallest absolute Gasteiger partial charge is 0.128 e. The number of nitrogens with one attached hydrogen (secondary N) is 1. The Hall–Kier alpha value is -2.29. The molecule has 0 saturated heterocycles. The molecule has 20 heavy (non-hydrogen) atoms. The van der Waals surface area contributed by atoms with Crippen molar-refractivity contribution in [2.75, 3.05) is 12.0 Å². The Morgan fingerprint density at radius 1 is 1.10 bits per heavy atom. The van der Waals surface area contributed by atoms with Crippen molar-refractivity contribution in [1.82, 2.24) is 0 Å². The summed E-state index contributed by atoms with van der Waals surface area (Å²) in [6.45, 7) is 6.81. The minimum absolute atomic E-state index is 0.648. The third-order valence-electron chi connectivity index (χ3n) is 3.12. The van der Waals surface area contributed by atoms with Crippen LogP contribution < -0.4 is 10.2 Å². The van der Waals surface area contributed by atoms with Crippen molar-refractivity contribution in [1.29, 1.82) is 0 Å². The normalized spacial score (nSPS) is 10.8. The van der Waals surface area contributed by atoms with E-state index in [1.54, 1.807) is 6.21 Å². The van der Waals surface area contributed by atoms with Gasteiger partial charge in [0.05, 0.1) is 18.5 Å². The van der Waals surface area contributed by atoms with Crippen molar-refractivity contribution < 1.29 is 4.74 Å². The molecule has 0 saturated carbocycles. The molecule has 0 radical (unpaired) electrons. The molecule has 0 amide bonds. The third-order valence-corrected chi connectivity index (χ3v) is 3.12. The molecule has 0 spiro atoms. The summed E-state index contributed by atoms with van der Waals surface area (Å²) in [6, 6.07) is 14.0. The fourth-order valence-electron chi connectivity index (χ4n) is 1.86. The first kappa shape index (κ1) is 14.1. The number of anilines is 1. The highest BCUT2D eigenvalue weighted by molar-refractivity contribution is 5.84. The number of ether oxygens (including phenoxy) is 1. The van der Waals surface area contributed by atoms with E-state index in [-0.39, 0.29) is 0 Å². The van der Waals surface area contributed by atoms with Crippen LogP contribution in [0.15, 0.2) is 47.6 Å². The summed E-state index contributed by atoms with van der Waals surface area (Å²) >= 11 is 0. The fourth-order valence-corrected chi connectivity index (χ4v) is 1.86. The molecule has 2 aromatic carbocycles. The van der Waals surface area contributed by atoms with Gasteiger partial charge in [-0.15, -0.1) is 0 Å². The third kappa shape index (κ3) is 3.60. The van der Waals surface area contributed by atoms with Crippen molar-refractivity contribution >= 4 is 11.9 Å². The molecule has 2 aromatic rings. The number of aryl methyl sites for hydroxylation is 2. The number of hydrazone groups is 1. The van der Waals surface area contributed by atoms with Crippen LogP contribution in [0.2, 0.25) is 0 Å². The van der Waals surface area contributed by atoms with Crippen LogP contribution in [0.4, 0.5) is 5.69 Å². The molecule has 0 aliphatic rings. The molecule has 0 unspecified atom stereocenters. The van der Waals surface area contributed by atoms with E-state index < -0.39 is 0 Å².